The molecule has 1 aliphatic heterocycles. The fourth-order valence-corrected chi connectivity index (χ4v) is 4.56. The van der Waals surface area contributed by atoms with Crippen molar-refractivity contribution in [3.8, 4) is 17.1 Å². The number of halogens is 5. The maximum absolute atomic E-state index is 13.9. The van der Waals surface area contributed by atoms with Gasteiger partial charge in [-0.2, -0.15) is 18.2 Å². The Morgan fingerprint density at radius 2 is 1.90 bits per heavy atom. The van der Waals surface area contributed by atoms with E-state index in [4.69, 9.17) is 37.2 Å². The van der Waals surface area contributed by atoms with Gasteiger partial charge in [0, 0.05) is 12.1 Å². The van der Waals surface area contributed by atoms with Crippen molar-refractivity contribution in [1.82, 2.24) is 15.0 Å². The SMILES string of the molecule is CC(C)(C)OC(=O)N1CC[C@H](O)[C@H]1c1nc(-c2ccc(OCCCc3ccc(Cl)c(Cl)c3)c(C(F)(F)F)c2)no1. The second kappa shape index (κ2) is 11.8. The molecule has 1 N–H and O–H groups in total. The van der Waals surface area contributed by atoms with Gasteiger partial charge in [-0.3, -0.25) is 4.90 Å². The van der Waals surface area contributed by atoms with Crippen LogP contribution in [0.5, 0.6) is 5.75 Å². The molecule has 2 atom stereocenters. The highest BCUT2D eigenvalue weighted by atomic mass is 35.5. The smallest absolute Gasteiger partial charge is 0.419 e. The molecule has 1 fully saturated rings. The van der Waals surface area contributed by atoms with E-state index in [2.05, 4.69) is 10.1 Å². The van der Waals surface area contributed by atoms with E-state index in [0.717, 1.165) is 11.6 Å². The van der Waals surface area contributed by atoms with Crippen molar-refractivity contribution in [2.24, 2.45) is 0 Å². The van der Waals surface area contributed by atoms with Crippen molar-refractivity contribution in [2.45, 2.75) is 64.0 Å². The molecular formula is C27H28Cl2F3N3O5. The third kappa shape index (κ3) is 7.18. The summed E-state index contributed by atoms with van der Waals surface area (Å²) in [7, 11) is 0. The number of carbonyl (C=O) groups excluding carboxylic acids is 1. The first kappa shape index (κ1) is 30.0. The molecule has 0 aliphatic carbocycles. The number of hydrogen-bond donors (Lipinski definition) is 1. The van der Waals surface area contributed by atoms with E-state index in [1.807, 2.05) is 0 Å². The van der Waals surface area contributed by atoms with Crippen molar-refractivity contribution >= 4 is 29.3 Å². The van der Waals surface area contributed by atoms with Gasteiger partial charge in [0.05, 0.1) is 28.3 Å². The molecule has 4 rings (SSSR count). The normalized spacial score (nSPS) is 17.8. The molecule has 2 heterocycles. The maximum Gasteiger partial charge on any atom is 0.419 e. The van der Waals surface area contributed by atoms with Crippen molar-refractivity contribution in [3.63, 3.8) is 0 Å². The molecule has 1 amide bonds. The summed E-state index contributed by atoms with van der Waals surface area (Å²) in [6, 6.07) is 7.62. The van der Waals surface area contributed by atoms with Crippen LogP contribution in [0.2, 0.25) is 10.0 Å². The van der Waals surface area contributed by atoms with E-state index < -0.39 is 35.6 Å². The molecule has 1 aliphatic rings. The van der Waals surface area contributed by atoms with Crippen LogP contribution in [0.1, 0.15) is 56.7 Å². The summed E-state index contributed by atoms with van der Waals surface area (Å²) in [6.07, 6.45) is -5.16. The number of likely N-dealkylation sites (tertiary alicyclic amines) is 1. The minimum atomic E-state index is -4.71. The molecule has 0 radical (unpaired) electrons. The van der Waals surface area contributed by atoms with E-state index in [9.17, 15) is 23.1 Å². The van der Waals surface area contributed by atoms with E-state index in [1.165, 1.54) is 17.0 Å². The molecule has 0 spiro atoms. The lowest BCUT2D eigenvalue weighted by molar-refractivity contribution is -0.138. The predicted molar refractivity (Wildman–Crippen MR) is 141 cm³/mol. The highest BCUT2D eigenvalue weighted by Crippen LogP contribution is 2.39. The molecule has 40 heavy (non-hydrogen) atoms. The van der Waals surface area contributed by atoms with Crippen LogP contribution in [0.25, 0.3) is 11.4 Å². The quantitative estimate of drug-likeness (QED) is 0.288. The first-order chi connectivity index (χ1) is 18.7. The van der Waals surface area contributed by atoms with E-state index >= 15 is 0 Å². The summed E-state index contributed by atoms with van der Waals surface area (Å²) in [6.45, 7) is 5.35. The first-order valence-electron chi connectivity index (χ1n) is 12.5. The molecule has 1 saturated heterocycles. The zero-order valence-electron chi connectivity index (χ0n) is 22.0. The molecule has 1 aromatic heterocycles. The van der Waals surface area contributed by atoms with Gasteiger partial charge in [-0.15, -0.1) is 0 Å². The lowest BCUT2D eigenvalue weighted by atomic mass is 10.1. The molecule has 0 bridgehead atoms. The van der Waals surface area contributed by atoms with E-state index in [1.54, 1.807) is 39.0 Å². The largest absolute Gasteiger partial charge is 0.493 e. The van der Waals surface area contributed by atoms with Gasteiger partial charge in [-0.25, -0.2) is 4.79 Å². The molecule has 8 nitrogen and oxygen atoms in total. The maximum atomic E-state index is 13.9. The molecule has 0 unspecified atom stereocenters. The lowest BCUT2D eigenvalue weighted by Gasteiger charge is -2.27. The van der Waals surface area contributed by atoms with Crippen LogP contribution in [0, 0.1) is 0 Å². The van der Waals surface area contributed by atoms with Crippen molar-refractivity contribution in [3.05, 3.63) is 63.5 Å². The highest BCUT2D eigenvalue weighted by Gasteiger charge is 2.43. The Bertz CT molecular complexity index is 1360. The Hall–Kier alpha value is -3.02. The number of amides is 1. The van der Waals surface area contributed by atoms with Gasteiger partial charge in [-0.1, -0.05) is 34.4 Å². The number of ether oxygens (including phenoxy) is 2. The molecular weight excluding hydrogens is 574 g/mol. The summed E-state index contributed by atoms with van der Waals surface area (Å²) < 4.78 is 57.9. The fraction of sp³-hybridized carbons (Fsp3) is 0.444. The minimum absolute atomic E-state index is 0.0294. The van der Waals surface area contributed by atoms with Crippen LogP contribution < -0.4 is 4.74 Å². The van der Waals surface area contributed by atoms with Crippen LogP contribution in [0.4, 0.5) is 18.0 Å². The van der Waals surface area contributed by atoms with E-state index in [0.29, 0.717) is 22.9 Å². The monoisotopic (exact) mass is 601 g/mol. The zero-order chi connectivity index (χ0) is 29.2. The summed E-state index contributed by atoms with van der Waals surface area (Å²) in [4.78, 5) is 18.1. The van der Waals surface area contributed by atoms with Gasteiger partial charge in [0.2, 0.25) is 5.82 Å². The standard InChI is InChI=1S/C27H28Cl2F3N3O5/c1-26(2,3)39-25(37)35-11-10-20(36)22(35)24-33-23(34-40-24)16-7-9-21(17(14-16)27(30,31)32)38-12-4-5-15-6-8-18(28)19(29)13-15/h6-9,13-14,20,22,36H,4-5,10-12H2,1-3H3/t20-,22-/m0/s1. The molecule has 13 heteroatoms. The van der Waals surface area contributed by atoms with Crippen LogP contribution >= 0.6 is 23.2 Å². The number of aliphatic hydroxyl groups is 1. The third-order valence-electron chi connectivity index (χ3n) is 6.08. The number of aryl methyl sites for hydroxylation is 1. The van der Waals surface area contributed by atoms with Gasteiger partial charge in [-0.05, 0) is 75.9 Å². The topological polar surface area (TPSA) is 97.9 Å². The average molecular weight is 602 g/mol. The second-order valence-corrected chi connectivity index (χ2v) is 11.2. The summed E-state index contributed by atoms with van der Waals surface area (Å²) in [5, 5.41) is 15.1. The van der Waals surface area contributed by atoms with Gasteiger partial charge < -0.3 is 19.1 Å². The van der Waals surface area contributed by atoms with Crippen molar-refractivity contribution in [2.75, 3.05) is 13.2 Å². The van der Waals surface area contributed by atoms with Gasteiger partial charge in [0.1, 0.15) is 17.4 Å². The number of hydrogen-bond acceptors (Lipinski definition) is 7. The van der Waals surface area contributed by atoms with Crippen LogP contribution in [0.3, 0.4) is 0 Å². The Morgan fingerprint density at radius 1 is 1.15 bits per heavy atom. The zero-order valence-corrected chi connectivity index (χ0v) is 23.5. The van der Waals surface area contributed by atoms with Crippen LogP contribution in [-0.4, -0.2) is 51.1 Å². The number of benzene rings is 2. The highest BCUT2D eigenvalue weighted by molar-refractivity contribution is 6.42. The first-order valence-corrected chi connectivity index (χ1v) is 13.3. The fourth-order valence-electron chi connectivity index (χ4n) is 4.24. The number of aliphatic hydroxyl groups excluding tert-OH is 1. The van der Waals surface area contributed by atoms with E-state index in [-0.39, 0.29) is 42.6 Å². The molecule has 3 aromatic rings. The van der Waals surface area contributed by atoms with Gasteiger partial charge >= 0.3 is 12.3 Å². The number of carbonyl (C=O) groups is 1. The summed E-state index contributed by atoms with van der Waals surface area (Å²) in [5.41, 5.74) is -0.852. The van der Waals surface area contributed by atoms with Crippen molar-refractivity contribution in [1.29, 1.82) is 0 Å². The summed E-state index contributed by atoms with van der Waals surface area (Å²) in [5.74, 6) is -0.576. The van der Waals surface area contributed by atoms with Crippen LogP contribution in [-0.2, 0) is 17.3 Å². The van der Waals surface area contributed by atoms with Gasteiger partial charge in [0.15, 0.2) is 0 Å². The number of nitrogens with zero attached hydrogens (tertiary/aromatic N) is 3. The minimum Gasteiger partial charge on any atom is -0.493 e. The summed E-state index contributed by atoms with van der Waals surface area (Å²) >= 11 is 11.9. The Morgan fingerprint density at radius 3 is 2.58 bits per heavy atom. The number of aromatic nitrogens is 2. The third-order valence-corrected chi connectivity index (χ3v) is 6.82. The Balaban J connectivity index is 1.49. The lowest BCUT2D eigenvalue weighted by Crippen LogP contribution is -2.38. The Kier molecular flexibility index (Phi) is 8.86. The van der Waals surface area contributed by atoms with Crippen molar-refractivity contribution < 1.29 is 37.1 Å². The molecule has 216 valence electrons. The molecule has 0 saturated carbocycles. The second-order valence-electron chi connectivity index (χ2n) is 10.3. The average Bonchev–Trinajstić information content (AvgIpc) is 3.49. The number of alkyl halides is 3. The molecule has 2 aromatic carbocycles. The van der Waals surface area contributed by atoms with Crippen LogP contribution in [0.15, 0.2) is 40.9 Å². The predicted octanol–water partition coefficient (Wildman–Crippen LogP) is 7.12. The number of rotatable bonds is 7. The Labute approximate surface area is 239 Å². The van der Waals surface area contributed by atoms with Gasteiger partial charge in [0.25, 0.3) is 5.89 Å².